The Bertz CT molecular complexity index is 695. The van der Waals surface area contributed by atoms with Crippen LogP contribution in [0.4, 0.5) is 11.6 Å². The van der Waals surface area contributed by atoms with Crippen molar-refractivity contribution in [1.82, 2.24) is 9.78 Å². The molecule has 0 aliphatic carbocycles. The molecule has 0 unspecified atom stereocenters. The van der Waals surface area contributed by atoms with Crippen LogP contribution in [0.5, 0.6) is 0 Å². The first kappa shape index (κ1) is 15.4. The van der Waals surface area contributed by atoms with Crippen molar-refractivity contribution in [3.05, 3.63) is 33.8 Å². The fraction of sp³-hybridized carbons (Fsp3) is 0.286. The highest BCUT2D eigenvalue weighted by molar-refractivity contribution is 9.10. The van der Waals surface area contributed by atoms with E-state index >= 15 is 0 Å². The quantitative estimate of drug-likeness (QED) is 0.858. The molecule has 0 radical (unpaired) electrons. The Labute approximate surface area is 131 Å². The third-order valence-electron chi connectivity index (χ3n) is 3.10. The van der Waals surface area contributed by atoms with Gasteiger partial charge in [0.05, 0.1) is 12.8 Å². The minimum absolute atomic E-state index is 0.260. The average molecular weight is 353 g/mol. The summed E-state index contributed by atoms with van der Waals surface area (Å²) in [5.41, 5.74) is 8.19. The maximum Gasteiger partial charge on any atom is 0.345 e. The Balaban J connectivity index is 2.68. The predicted molar refractivity (Wildman–Crippen MR) is 86.1 cm³/mol. The molecule has 0 saturated carbocycles. The second-order valence-electron chi connectivity index (χ2n) is 4.81. The minimum atomic E-state index is -0.503. The number of benzene rings is 1. The van der Waals surface area contributed by atoms with Gasteiger partial charge in [-0.2, -0.15) is 0 Å². The Morgan fingerprint density at radius 1 is 1.43 bits per heavy atom. The van der Waals surface area contributed by atoms with Gasteiger partial charge in [-0.25, -0.2) is 9.48 Å². The van der Waals surface area contributed by atoms with E-state index in [1.807, 2.05) is 25.1 Å². The fourth-order valence-corrected chi connectivity index (χ4v) is 2.55. The number of hydrogen-bond donors (Lipinski definition) is 1. The van der Waals surface area contributed by atoms with Crippen molar-refractivity contribution < 1.29 is 9.53 Å². The van der Waals surface area contributed by atoms with Crippen molar-refractivity contribution in [2.24, 2.45) is 0 Å². The molecule has 2 N–H and O–H groups in total. The van der Waals surface area contributed by atoms with Gasteiger partial charge >= 0.3 is 5.97 Å². The van der Waals surface area contributed by atoms with Crippen molar-refractivity contribution in [3.8, 4) is 5.69 Å². The third-order valence-corrected chi connectivity index (χ3v) is 3.60. The summed E-state index contributed by atoms with van der Waals surface area (Å²) < 4.78 is 7.33. The fourth-order valence-electron chi connectivity index (χ4n) is 2.07. The van der Waals surface area contributed by atoms with Gasteiger partial charge in [0.2, 0.25) is 0 Å². The molecule has 0 fully saturated rings. The van der Waals surface area contributed by atoms with Gasteiger partial charge < -0.3 is 15.4 Å². The minimum Gasteiger partial charge on any atom is -0.465 e. The number of rotatable bonds is 3. The number of esters is 1. The van der Waals surface area contributed by atoms with Crippen molar-refractivity contribution in [2.75, 3.05) is 31.8 Å². The van der Waals surface area contributed by atoms with Crippen LogP contribution in [0.2, 0.25) is 0 Å². The van der Waals surface area contributed by atoms with Crippen LogP contribution in [-0.2, 0) is 4.74 Å². The highest BCUT2D eigenvalue weighted by Gasteiger charge is 2.25. The largest absolute Gasteiger partial charge is 0.465 e. The van der Waals surface area contributed by atoms with E-state index in [1.165, 1.54) is 7.11 Å². The first-order valence-corrected chi connectivity index (χ1v) is 7.06. The molecule has 2 aromatic rings. The van der Waals surface area contributed by atoms with Gasteiger partial charge in [-0.05, 0) is 30.7 Å². The van der Waals surface area contributed by atoms with E-state index in [1.54, 1.807) is 23.7 Å². The molecule has 1 aromatic heterocycles. The Kier molecular flexibility index (Phi) is 4.22. The number of aromatic nitrogens is 2. The van der Waals surface area contributed by atoms with E-state index in [0.29, 0.717) is 5.82 Å². The molecular formula is C14H17BrN4O2. The average Bonchev–Trinajstić information content (AvgIpc) is 2.76. The summed E-state index contributed by atoms with van der Waals surface area (Å²) in [5, 5.41) is 4.44. The van der Waals surface area contributed by atoms with Gasteiger partial charge in [-0.3, -0.25) is 0 Å². The topological polar surface area (TPSA) is 73.4 Å². The molecular weight excluding hydrogens is 336 g/mol. The Morgan fingerprint density at radius 3 is 2.62 bits per heavy atom. The van der Waals surface area contributed by atoms with Crippen molar-refractivity contribution in [1.29, 1.82) is 0 Å². The molecule has 21 heavy (non-hydrogen) atoms. The molecule has 0 bridgehead atoms. The van der Waals surface area contributed by atoms with Crippen LogP contribution in [0, 0.1) is 6.92 Å². The number of hydrogen-bond acceptors (Lipinski definition) is 5. The second-order valence-corrected chi connectivity index (χ2v) is 5.73. The number of methoxy groups -OCH3 is 1. The maximum atomic E-state index is 12.0. The normalized spacial score (nSPS) is 10.5. The summed E-state index contributed by atoms with van der Waals surface area (Å²) in [7, 11) is 4.92. The summed E-state index contributed by atoms with van der Waals surface area (Å²) in [6.07, 6.45) is 0. The van der Waals surface area contributed by atoms with Crippen LogP contribution in [0.3, 0.4) is 0 Å². The van der Waals surface area contributed by atoms with Gasteiger partial charge in [-0.15, -0.1) is 5.10 Å². The van der Waals surface area contributed by atoms with Crippen LogP contribution >= 0.6 is 15.9 Å². The Hall–Kier alpha value is -2.02. The predicted octanol–water partition coefficient (Wildman–Crippen LogP) is 2.38. The molecule has 0 saturated heterocycles. The SMILES string of the molecule is COC(=O)c1c(N(C)C)nn(-c2ccc(Br)cc2C)c1N. The lowest BCUT2D eigenvalue weighted by Crippen LogP contribution is -2.14. The molecule has 0 aliphatic rings. The highest BCUT2D eigenvalue weighted by Crippen LogP contribution is 2.29. The van der Waals surface area contributed by atoms with Crippen LogP contribution in [-0.4, -0.2) is 37.0 Å². The summed E-state index contributed by atoms with van der Waals surface area (Å²) in [5.74, 6) is 0.231. The zero-order valence-electron chi connectivity index (χ0n) is 12.3. The number of ether oxygens (including phenoxy) is 1. The summed E-state index contributed by atoms with van der Waals surface area (Å²) in [6, 6.07) is 5.75. The molecule has 2 rings (SSSR count). The summed E-state index contributed by atoms with van der Waals surface area (Å²) in [4.78, 5) is 13.7. The molecule has 1 aromatic carbocycles. The lowest BCUT2D eigenvalue weighted by Gasteiger charge is -2.09. The van der Waals surface area contributed by atoms with E-state index in [0.717, 1.165) is 15.7 Å². The van der Waals surface area contributed by atoms with Crippen molar-refractivity contribution in [2.45, 2.75) is 6.92 Å². The number of anilines is 2. The Morgan fingerprint density at radius 2 is 2.10 bits per heavy atom. The molecule has 7 heteroatoms. The van der Waals surface area contributed by atoms with E-state index < -0.39 is 5.97 Å². The lowest BCUT2D eigenvalue weighted by molar-refractivity contribution is 0.0602. The number of nitrogen functional groups attached to an aromatic ring is 1. The van der Waals surface area contributed by atoms with Crippen LogP contribution in [0.15, 0.2) is 22.7 Å². The zero-order chi connectivity index (χ0) is 15.7. The zero-order valence-corrected chi connectivity index (χ0v) is 13.9. The maximum absolute atomic E-state index is 12.0. The number of carbonyl (C=O) groups is 1. The number of carbonyl (C=O) groups excluding carboxylic acids is 1. The molecule has 112 valence electrons. The van der Waals surface area contributed by atoms with Crippen LogP contribution in [0.1, 0.15) is 15.9 Å². The van der Waals surface area contributed by atoms with Crippen LogP contribution < -0.4 is 10.6 Å². The van der Waals surface area contributed by atoms with E-state index in [4.69, 9.17) is 10.5 Å². The van der Waals surface area contributed by atoms with Crippen molar-refractivity contribution >= 4 is 33.5 Å². The van der Waals surface area contributed by atoms with Crippen molar-refractivity contribution in [3.63, 3.8) is 0 Å². The first-order valence-electron chi connectivity index (χ1n) is 6.27. The van der Waals surface area contributed by atoms with Crippen LogP contribution in [0.25, 0.3) is 5.69 Å². The monoisotopic (exact) mass is 352 g/mol. The van der Waals surface area contributed by atoms with E-state index in [-0.39, 0.29) is 11.4 Å². The number of halogens is 1. The van der Waals surface area contributed by atoms with E-state index in [2.05, 4.69) is 21.0 Å². The smallest absolute Gasteiger partial charge is 0.345 e. The molecule has 0 amide bonds. The number of aryl methyl sites for hydroxylation is 1. The number of nitrogens with two attached hydrogens (primary N) is 1. The standard InChI is InChI=1S/C14H17BrN4O2/c1-8-7-9(15)5-6-10(8)19-12(16)11(14(20)21-4)13(17-19)18(2)3/h5-7H,16H2,1-4H3. The summed E-state index contributed by atoms with van der Waals surface area (Å²) >= 11 is 3.42. The second kappa shape index (κ2) is 5.77. The van der Waals surface area contributed by atoms with Gasteiger partial charge in [0.15, 0.2) is 5.82 Å². The summed E-state index contributed by atoms with van der Waals surface area (Å²) in [6.45, 7) is 1.95. The highest BCUT2D eigenvalue weighted by atomic mass is 79.9. The third kappa shape index (κ3) is 2.73. The van der Waals surface area contributed by atoms with Gasteiger partial charge in [0.1, 0.15) is 11.4 Å². The molecule has 0 aliphatic heterocycles. The van der Waals surface area contributed by atoms with E-state index in [9.17, 15) is 4.79 Å². The molecule has 6 nitrogen and oxygen atoms in total. The molecule has 1 heterocycles. The molecule has 0 atom stereocenters. The lowest BCUT2D eigenvalue weighted by atomic mass is 10.2. The molecule has 0 spiro atoms. The van der Waals surface area contributed by atoms with Gasteiger partial charge in [-0.1, -0.05) is 15.9 Å². The van der Waals surface area contributed by atoms with Gasteiger partial charge in [0, 0.05) is 18.6 Å². The number of nitrogens with zero attached hydrogens (tertiary/aromatic N) is 3. The first-order chi connectivity index (χ1) is 9.86. The van der Waals surface area contributed by atoms with Gasteiger partial charge in [0.25, 0.3) is 0 Å².